The lowest BCUT2D eigenvalue weighted by molar-refractivity contribution is 0.731. The second kappa shape index (κ2) is 15.2. The summed E-state index contributed by atoms with van der Waals surface area (Å²) in [6.45, 7) is 2.41. The lowest BCUT2D eigenvalue weighted by Crippen LogP contribution is -2.27. The van der Waals surface area contributed by atoms with Gasteiger partial charge in [0, 0.05) is 34.0 Å². The quantitative estimate of drug-likeness (QED) is 0.158. The zero-order valence-corrected chi connectivity index (χ0v) is 36.8. The molecule has 66 heavy (non-hydrogen) atoms. The van der Waals surface area contributed by atoms with Crippen molar-refractivity contribution in [3.05, 3.63) is 271 Å². The Balaban J connectivity index is 1.12. The maximum absolute atomic E-state index is 2.46. The standard InChI is InChI=1S/C64H46N2/c1-43-18-16-32-59-62(43)54-27-12-14-30-57(54)64(59)58-31-15-13-28-55(58)63-53(29-17-33-60(63)64)56-42-52(65(48-23-4-2-5-24-48)50-36-34-44-19-8-10-21-46(44)40-50)38-39-61(56)66(49-25-6-3-7-26-49)51-37-35-45-20-9-11-22-47(45)41-51/h2-17,19-43H,18H2,1H3. The lowest BCUT2D eigenvalue weighted by atomic mass is 9.68. The third-order valence-electron chi connectivity index (χ3n) is 14.4. The van der Waals surface area contributed by atoms with Crippen LogP contribution in [0.15, 0.2) is 248 Å². The van der Waals surface area contributed by atoms with Crippen LogP contribution in [0.4, 0.5) is 34.1 Å². The molecule has 0 bridgehead atoms. The molecule has 0 saturated carbocycles. The molecule has 2 atom stereocenters. The maximum atomic E-state index is 2.46. The van der Waals surface area contributed by atoms with Gasteiger partial charge in [0.05, 0.1) is 11.1 Å². The minimum absolute atomic E-state index is 0.425. The van der Waals surface area contributed by atoms with Gasteiger partial charge >= 0.3 is 0 Å². The second-order valence-electron chi connectivity index (χ2n) is 18.0. The first kappa shape index (κ1) is 38.3. The predicted octanol–water partition coefficient (Wildman–Crippen LogP) is 17.3. The molecule has 0 aliphatic heterocycles. The van der Waals surface area contributed by atoms with E-state index in [0.29, 0.717) is 5.92 Å². The number of para-hydroxylation sites is 2. The molecule has 10 aromatic rings. The summed E-state index contributed by atoms with van der Waals surface area (Å²) in [5.74, 6) is 0.425. The van der Waals surface area contributed by atoms with Crippen LogP contribution in [0.5, 0.6) is 0 Å². The molecule has 0 aromatic heterocycles. The Labute approximate surface area is 386 Å². The zero-order chi connectivity index (χ0) is 43.8. The smallest absolute Gasteiger partial charge is 0.0722 e. The Bertz CT molecular complexity index is 3600. The van der Waals surface area contributed by atoms with Crippen LogP contribution < -0.4 is 9.80 Å². The molecule has 3 aliphatic carbocycles. The van der Waals surface area contributed by atoms with Crippen LogP contribution in [0.1, 0.15) is 35.6 Å². The number of hydrogen-bond donors (Lipinski definition) is 0. The summed E-state index contributed by atoms with van der Waals surface area (Å²) in [5, 5.41) is 4.85. The fourth-order valence-electron chi connectivity index (χ4n) is 11.7. The van der Waals surface area contributed by atoms with Crippen molar-refractivity contribution in [1.29, 1.82) is 0 Å². The minimum Gasteiger partial charge on any atom is -0.310 e. The fraction of sp³-hybridized carbons (Fsp3) is 0.0625. The SMILES string of the molecule is CC1CC=CC2=C1c1ccccc1C21c2ccccc2-c2c(-c3cc(N(c4ccccc4)c4ccc5ccccc5c4)ccc3N(c3ccccc3)c3ccc4ccccc4c3)cccc21. The van der Waals surface area contributed by atoms with E-state index in [4.69, 9.17) is 0 Å². The maximum Gasteiger partial charge on any atom is 0.0722 e. The van der Waals surface area contributed by atoms with Crippen molar-refractivity contribution in [1.82, 2.24) is 0 Å². The summed E-state index contributed by atoms with van der Waals surface area (Å²) in [4.78, 5) is 4.88. The van der Waals surface area contributed by atoms with E-state index in [9.17, 15) is 0 Å². The highest BCUT2D eigenvalue weighted by atomic mass is 15.2. The first-order chi connectivity index (χ1) is 32.7. The van der Waals surface area contributed by atoms with E-state index in [-0.39, 0.29) is 0 Å². The van der Waals surface area contributed by atoms with Gasteiger partial charge in [0.15, 0.2) is 0 Å². The molecule has 2 heteroatoms. The normalized spacial score (nSPS) is 16.6. The van der Waals surface area contributed by atoms with Gasteiger partial charge in [0.1, 0.15) is 0 Å². The molecule has 13 rings (SSSR count). The average Bonchev–Trinajstić information content (AvgIpc) is 3.86. The summed E-state index contributed by atoms with van der Waals surface area (Å²) in [5.41, 5.74) is 19.5. The molecule has 0 radical (unpaired) electrons. The molecule has 2 nitrogen and oxygen atoms in total. The highest BCUT2D eigenvalue weighted by molar-refractivity contribution is 6.04. The summed E-state index contributed by atoms with van der Waals surface area (Å²) < 4.78 is 0. The van der Waals surface area contributed by atoms with Crippen LogP contribution in [-0.2, 0) is 5.41 Å². The Morgan fingerprint density at radius 1 is 0.379 bits per heavy atom. The van der Waals surface area contributed by atoms with E-state index >= 15 is 0 Å². The highest BCUT2D eigenvalue weighted by Crippen LogP contribution is 2.65. The monoisotopic (exact) mass is 842 g/mol. The van der Waals surface area contributed by atoms with Gasteiger partial charge in [0.25, 0.3) is 0 Å². The number of rotatable bonds is 7. The first-order valence-electron chi connectivity index (χ1n) is 23.2. The lowest BCUT2D eigenvalue weighted by Gasteiger charge is -2.33. The molecule has 0 fully saturated rings. The Morgan fingerprint density at radius 3 is 1.56 bits per heavy atom. The summed E-state index contributed by atoms with van der Waals surface area (Å²) >= 11 is 0. The summed E-state index contributed by atoms with van der Waals surface area (Å²) in [7, 11) is 0. The topological polar surface area (TPSA) is 6.48 Å². The van der Waals surface area contributed by atoms with Gasteiger partial charge in [-0.2, -0.15) is 0 Å². The molecule has 312 valence electrons. The van der Waals surface area contributed by atoms with E-state index in [1.165, 1.54) is 71.6 Å². The van der Waals surface area contributed by atoms with Crippen molar-refractivity contribution in [3.63, 3.8) is 0 Å². The molecule has 0 saturated heterocycles. The average molecular weight is 843 g/mol. The van der Waals surface area contributed by atoms with Crippen molar-refractivity contribution in [2.45, 2.75) is 18.8 Å². The Morgan fingerprint density at radius 2 is 0.879 bits per heavy atom. The third kappa shape index (κ3) is 5.74. The number of benzene rings is 10. The van der Waals surface area contributed by atoms with Crippen LogP contribution >= 0.6 is 0 Å². The van der Waals surface area contributed by atoms with Gasteiger partial charge in [0.2, 0.25) is 0 Å². The molecule has 10 aromatic carbocycles. The molecule has 3 aliphatic rings. The van der Waals surface area contributed by atoms with E-state index in [1.807, 2.05) is 0 Å². The molecule has 1 spiro atoms. The van der Waals surface area contributed by atoms with Gasteiger partial charge in [-0.25, -0.2) is 0 Å². The molecule has 0 N–H and O–H groups in total. The predicted molar refractivity (Wildman–Crippen MR) is 278 cm³/mol. The molecular weight excluding hydrogens is 797 g/mol. The van der Waals surface area contributed by atoms with Crippen LogP contribution in [0.25, 0.3) is 49.4 Å². The number of nitrogens with zero attached hydrogens (tertiary/aromatic N) is 2. The third-order valence-corrected chi connectivity index (χ3v) is 14.4. The Hall–Kier alpha value is -8.20. The van der Waals surface area contributed by atoms with Crippen LogP contribution in [0.3, 0.4) is 0 Å². The van der Waals surface area contributed by atoms with Gasteiger partial charge in [-0.3, -0.25) is 0 Å². The minimum atomic E-state index is -0.435. The van der Waals surface area contributed by atoms with Crippen molar-refractivity contribution < 1.29 is 0 Å². The number of hydrogen-bond acceptors (Lipinski definition) is 2. The van der Waals surface area contributed by atoms with E-state index in [2.05, 4.69) is 259 Å². The van der Waals surface area contributed by atoms with E-state index in [0.717, 1.165) is 46.1 Å². The van der Waals surface area contributed by atoms with Crippen molar-refractivity contribution in [2.75, 3.05) is 9.80 Å². The Kier molecular flexibility index (Phi) is 8.83. The number of allylic oxidation sites excluding steroid dienone is 4. The van der Waals surface area contributed by atoms with E-state index in [1.54, 1.807) is 0 Å². The van der Waals surface area contributed by atoms with Crippen molar-refractivity contribution in [2.24, 2.45) is 5.92 Å². The zero-order valence-electron chi connectivity index (χ0n) is 36.8. The second-order valence-corrected chi connectivity index (χ2v) is 18.0. The van der Waals surface area contributed by atoms with Gasteiger partial charge < -0.3 is 9.80 Å². The number of anilines is 6. The van der Waals surface area contributed by atoms with E-state index < -0.39 is 5.41 Å². The van der Waals surface area contributed by atoms with Gasteiger partial charge in [-0.05, 0) is 151 Å². The summed E-state index contributed by atoms with van der Waals surface area (Å²) in [6.07, 6.45) is 5.92. The van der Waals surface area contributed by atoms with Gasteiger partial charge in [-0.15, -0.1) is 0 Å². The van der Waals surface area contributed by atoms with Crippen LogP contribution in [0.2, 0.25) is 0 Å². The van der Waals surface area contributed by atoms with Crippen LogP contribution in [0, 0.1) is 5.92 Å². The highest BCUT2D eigenvalue weighted by Gasteiger charge is 2.53. The largest absolute Gasteiger partial charge is 0.310 e. The number of fused-ring (bicyclic) bond motifs is 11. The fourth-order valence-corrected chi connectivity index (χ4v) is 11.7. The van der Waals surface area contributed by atoms with Crippen molar-refractivity contribution >= 4 is 61.2 Å². The van der Waals surface area contributed by atoms with Crippen LogP contribution in [-0.4, -0.2) is 0 Å². The molecule has 2 unspecified atom stereocenters. The van der Waals surface area contributed by atoms with Gasteiger partial charge in [-0.1, -0.05) is 183 Å². The molecule has 0 amide bonds. The van der Waals surface area contributed by atoms with Crippen molar-refractivity contribution in [3.8, 4) is 22.3 Å². The summed E-state index contributed by atoms with van der Waals surface area (Å²) in [6, 6.07) is 85.4. The first-order valence-corrected chi connectivity index (χ1v) is 23.2. The molecule has 0 heterocycles. The molecular formula is C64H46N2.